The summed E-state index contributed by atoms with van der Waals surface area (Å²) < 4.78 is 1.36. The number of benzene rings is 5. The van der Waals surface area contributed by atoms with Crippen molar-refractivity contribution in [2.75, 3.05) is 0 Å². The van der Waals surface area contributed by atoms with E-state index in [0.717, 1.165) is 17.9 Å². The van der Waals surface area contributed by atoms with Gasteiger partial charge in [0.25, 0.3) is 0 Å². The molecule has 0 aliphatic heterocycles. The maximum atomic E-state index is 5.96. The number of hydrogen-bond donors (Lipinski definition) is 0. The van der Waals surface area contributed by atoms with E-state index in [4.69, 9.17) is 11.6 Å². The molecular formula is C45H45ClZr. The molecule has 47 heavy (non-hydrogen) atoms. The summed E-state index contributed by atoms with van der Waals surface area (Å²) in [5, 5.41) is 3.38. The molecule has 2 heteroatoms. The van der Waals surface area contributed by atoms with Crippen molar-refractivity contribution in [2.24, 2.45) is 0 Å². The average Bonchev–Trinajstić information content (AvgIpc) is 3.71. The summed E-state index contributed by atoms with van der Waals surface area (Å²) in [5.74, 6) is 0. The van der Waals surface area contributed by atoms with Crippen LogP contribution in [0.2, 0.25) is 5.02 Å². The van der Waals surface area contributed by atoms with Crippen molar-refractivity contribution in [1.29, 1.82) is 0 Å². The number of aryl methyl sites for hydroxylation is 2. The van der Waals surface area contributed by atoms with Crippen LogP contribution in [0, 0.1) is 26.0 Å². The summed E-state index contributed by atoms with van der Waals surface area (Å²) in [5.41, 5.74) is 14.2. The van der Waals surface area contributed by atoms with Crippen LogP contribution in [-0.4, -0.2) is 3.21 Å². The minimum absolute atomic E-state index is 0.163. The second-order valence-electron chi connectivity index (χ2n) is 14.6. The second kappa shape index (κ2) is 14.6. The first-order valence-corrected chi connectivity index (χ1v) is 18.1. The minimum Gasteiger partial charge on any atom is -0.273 e. The number of hydrogen-bond acceptors (Lipinski definition) is 0. The van der Waals surface area contributed by atoms with E-state index in [1.54, 1.807) is 0 Å². The fourth-order valence-corrected chi connectivity index (χ4v) is 7.65. The van der Waals surface area contributed by atoms with E-state index in [9.17, 15) is 0 Å². The number of rotatable bonds is 2. The topological polar surface area (TPSA) is 0 Å². The predicted molar refractivity (Wildman–Crippen MR) is 201 cm³/mol. The van der Waals surface area contributed by atoms with E-state index < -0.39 is 0 Å². The van der Waals surface area contributed by atoms with Gasteiger partial charge < -0.3 is 0 Å². The third-order valence-corrected chi connectivity index (χ3v) is 10.5. The Kier molecular flexibility index (Phi) is 10.9. The van der Waals surface area contributed by atoms with Crippen LogP contribution >= 0.6 is 11.6 Å². The van der Waals surface area contributed by atoms with Crippen LogP contribution in [0.5, 0.6) is 0 Å². The molecule has 0 radical (unpaired) electrons. The van der Waals surface area contributed by atoms with Gasteiger partial charge in [0.15, 0.2) is 0 Å². The van der Waals surface area contributed by atoms with E-state index in [-0.39, 0.29) is 10.8 Å². The second-order valence-corrected chi connectivity index (χ2v) is 16.3. The molecule has 0 saturated carbocycles. The molecule has 0 bridgehead atoms. The van der Waals surface area contributed by atoms with Gasteiger partial charge in [-0.15, -0.1) is 23.1 Å². The Bertz CT molecular complexity index is 1890. The standard InChI is InChI=1S/C23H29.C17H11Cl.C5H5.Zr/c1-14-9-16-11-17-10-15(2)21(23(6,7)8)13-19(17)18(16)12-20(14)22(3,4)5;18-16-10-8-13(9-11-16)12-15-6-3-5-14-4-1-2-7-17(14)15;1-2-4-5-3-1;/h9,12-13H,11H2,1-8H3;1-11H;1-3H,4H2;/q-1;;-1;+2. The third-order valence-electron chi connectivity index (χ3n) is 8.86. The van der Waals surface area contributed by atoms with Gasteiger partial charge in [-0.2, -0.15) is 23.8 Å². The van der Waals surface area contributed by atoms with Gasteiger partial charge >= 0.3 is 133 Å². The van der Waals surface area contributed by atoms with Crippen molar-refractivity contribution in [3.05, 3.63) is 165 Å². The summed E-state index contributed by atoms with van der Waals surface area (Å²) >= 11 is 7.37. The molecule has 0 heterocycles. The van der Waals surface area contributed by atoms with Crippen LogP contribution in [0.3, 0.4) is 0 Å². The molecule has 0 fully saturated rings. The Hall–Kier alpha value is -3.12. The van der Waals surface area contributed by atoms with Crippen LogP contribution in [0.25, 0.3) is 21.9 Å². The molecule has 0 atom stereocenters. The summed E-state index contributed by atoms with van der Waals surface area (Å²) in [6, 6.07) is 34.0. The summed E-state index contributed by atoms with van der Waals surface area (Å²) in [7, 11) is 0. The van der Waals surface area contributed by atoms with Gasteiger partial charge in [-0.1, -0.05) is 71.6 Å². The summed E-state index contributed by atoms with van der Waals surface area (Å²) in [6.45, 7) is 18.2. The van der Waals surface area contributed by atoms with E-state index in [2.05, 4.69) is 146 Å². The Morgan fingerprint density at radius 1 is 0.766 bits per heavy atom. The first-order valence-electron chi connectivity index (χ1n) is 16.5. The molecule has 5 aromatic carbocycles. The Labute approximate surface area is 302 Å². The quantitative estimate of drug-likeness (QED) is 0.157. The number of allylic oxidation sites excluding steroid dienone is 4. The Morgan fingerprint density at radius 2 is 1.43 bits per heavy atom. The monoisotopic (exact) mass is 710 g/mol. The SMILES string of the molecule is Cc1[c-]c2c(cc1C(C)(C)C)-c1cc(C(C)(C)C)c(C)cc1C2.Clc1ccc([C](=[Zr+2])c2cccc3ccccc23)cc1.[C-]1=CC=CC1. The van der Waals surface area contributed by atoms with Crippen molar-refractivity contribution in [3.8, 4) is 11.1 Å². The average molecular weight is 713 g/mol. The molecule has 7 rings (SSSR count). The molecule has 0 spiro atoms. The third kappa shape index (κ3) is 8.31. The van der Waals surface area contributed by atoms with Gasteiger partial charge in [0.2, 0.25) is 0 Å². The van der Waals surface area contributed by atoms with Crippen molar-refractivity contribution < 1.29 is 24.2 Å². The number of fused-ring (bicyclic) bond motifs is 4. The van der Waals surface area contributed by atoms with Crippen LogP contribution in [-0.2, 0) is 41.5 Å². The van der Waals surface area contributed by atoms with E-state index in [1.807, 2.05) is 24.3 Å². The van der Waals surface area contributed by atoms with Gasteiger partial charge in [0.05, 0.1) is 0 Å². The van der Waals surface area contributed by atoms with Crippen molar-refractivity contribution >= 4 is 25.6 Å². The Morgan fingerprint density at radius 3 is 2.04 bits per heavy atom. The van der Waals surface area contributed by atoms with E-state index in [1.165, 1.54) is 93.8 Å². The molecular weight excluding hydrogens is 667 g/mol. The maximum Gasteiger partial charge on any atom is -0.109 e. The van der Waals surface area contributed by atoms with E-state index >= 15 is 0 Å². The maximum absolute atomic E-state index is 5.96. The zero-order chi connectivity index (χ0) is 33.9. The molecule has 0 amide bonds. The van der Waals surface area contributed by atoms with Crippen molar-refractivity contribution in [3.63, 3.8) is 0 Å². The Balaban J connectivity index is 0.000000162. The summed E-state index contributed by atoms with van der Waals surface area (Å²) in [4.78, 5) is 0. The van der Waals surface area contributed by atoms with Crippen LogP contribution < -0.4 is 0 Å². The molecule has 0 nitrogen and oxygen atoms in total. The largest absolute Gasteiger partial charge is 0.273 e. The van der Waals surface area contributed by atoms with Crippen molar-refractivity contribution in [1.82, 2.24) is 0 Å². The van der Waals surface area contributed by atoms with Gasteiger partial charge in [0.1, 0.15) is 0 Å². The molecule has 0 saturated heterocycles. The molecule has 0 aromatic heterocycles. The molecule has 2 aliphatic rings. The summed E-state index contributed by atoms with van der Waals surface area (Å²) in [6.07, 6.45) is 11.0. The zero-order valence-corrected chi connectivity index (χ0v) is 32.3. The molecule has 5 aromatic rings. The fourth-order valence-electron chi connectivity index (χ4n) is 6.58. The smallest absolute Gasteiger partial charge is 0.109 e. The molecule has 236 valence electrons. The molecule has 2 aliphatic carbocycles. The van der Waals surface area contributed by atoms with Gasteiger partial charge in [0, 0.05) is 0 Å². The first kappa shape index (κ1) is 35.2. The fraction of sp³-hybridized carbons (Fsp3) is 0.267. The minimum atomic E-state index is 0.163. The van der Waals surface area contributed by atoms with Crippen LogP contribution in [0.15, 0.2) is 103 Å². The van der Waals surface area contributed by atoms with Gasteiger partial charge in [-0.05, 0) is 35.4 Å². The predicted octanol–water partition coefficient (Wildman–Crippen LogP) is 12.2. The molecule has 0 N–H and O–H groups in total. The van der Waals surface area contributed by atoms with Crippen molar-refractivity contribution in [2.45, 2.75) is 79.1 Å². The van der Waals surface area contributed by atoms with Gasteiger partial charge in [-0.3, -0.25) is 6.08 Å². The number of halogens is 1. The van der Waals surface area contributed by atoms with Crippen LogP contribution in [0.1, 0.15) is 92.5 Å². The first-order chi connectivity index (χ1) is 22.2. The van der Waals surface area contributed by atoms with Crippen LogP contribution in [0.4, 0.5) is 0 Å². The molecule has 0 unspecified atom stereocenters. The van der Waals surface area contributed by atoms with Gasteiger partial charge in [-0.25, -0.2) is 12.2 Å². The zero-order valence-electron chi connectivity index (χ0n) is 29.1. The normalized spacial score (nSPS) is 13.0. The van der Waals surface area contributed by atoms with E-state index in [0.29, 0.717) is 0 Å².